The van der Waals surface area contributed by atoms with E-state index in [1.807, 2.05) is 0 Å². The van der Waals surface area contributed by atoms with Gasteiger partial charge >= 0.3 is 5.97 Å². The van der Waals surface area contributed by atoms with Gasteiger partial charge in [-0.05, 0) is 23.8 Å². The number of carbonyl (C=O) groups excluding carboxylic acids is 3. The zero-order chi connectivity index (χ0) is 19.8. The third-order valence-corrected chi connectivity index (χ3v) is 3.95. The number of nitrogens with zero attached hydrogens (tertiary/aromatic N) is 1. The summed E-state index contributed by atoms with van der Waals surface area (Å²) in [4.78, 5) is 37.3. The number of amides is 2. The molecule has 2 rings (SSSR count). The van der Waals surface area contributed by atoms with E-state index in [0.717, 1.165) is 0 Å². The van der Waals surface area contributed by atoms with Crippen molar-refractivity contribution in [2.45, 2.75) is 13.3 Å². The normalized spacial score (nSPS) is 10.2. The van der Waals surface area contributed by atoms with E-state index in [4.69, 9.17) is 4.74 Å². The lowest BCUT2D eigenvalue weighted by Crippen LogP contribution is -2.38. The Morgan fingerprint density at radius 3 is 2.41 bits per heavy atom. The second-order valence-electron chi connectivity index (χ2n) is 5.80. The van der Waals surface area contributed by atoms with Crippen LogP contribution in [0.15, 0.2) is 48.5 Å². The number of hydrogen-bond acceptors (Lipinski definition) is 4. The van der Waals surface area contributed by atoms with Gasteiger partial charge in [0.05, 0.1) is 24.8 Å². The van der Waals surface area contributed by atoms with Gasteiger partial charge in [-0.25, -0.2) is 9.18 Å². The molecule has 0 bridgehead atoms. The van der Waals surface area contributed by atoms with Crippen molar-refractivity contribution in [2.75, 3.05) is 25.1 Å². The van der Waals surface area contributed by atoms with Gasteiger partial charge in [-0.2, -0.15) is 0 Å². The number of benzene rings is 2. The lowest BCUT2D eigenvalue weighted by molar-refractivity contribution is -0.121. The molecule has 0 aliphatic carbocycles. The predicted octanol–water partition coefficient (Wildman–Crippen LogP) is 2.32. The first-order valence-corrected chi connectivity index (χ1v) is 8.39. The first-order chi connectivity index (χ1) is 12.9. The van der Waals surface area contributed by atoms with Gasteiger partial charge in [0.1, 0.15) is 5.82 Å². The molecule has 0 heterocycles. The summed E-state index contributed by atoms with van der Waals surface area (Å²) in [6.07, 6.45) is -0.0918. The number of rotatable bonds is 7. The number of para-hydroxylation sites is 1. The van der Waals surface area contributed by atoms with E-state index in [1.54, 1.807) is 42.5 Å². The molecule has 0 spiro atoms. The van der Waals surface area contributed by atoms with Crippen molar-refractivity contribution in [1.29, 1.82) is 0 Å². The highest BCUT2D eigenvalue weighted by molar-refractivity contribution is 6.01. The van der Waals surface area contributed by atoms with Crippen LogP contribution in [-0.2, 0) is 20.7 Å². The van der Waals surface area contributed by atoms with Crippen LogP contribution in [-0.4, -0.2) is 38.0 Å². The molecule has 0 aliphatic heterocycles. The first-order valence-electron chi connectivity index (χ1n) is 8.39. The average molecular weight is 372 g/mol. The molecule has 0 radical (unpaired) electrons. The molecular formula is C20H21FN2O4. The molecule has 0 fully saturated rings. The molecule has 0 aromatic heterocycles. The minimum atomic E-state index is -0.555. The molecule has 2 amide bonds. The van der Waals surface area contributed by atoms with Crippen LogP contribution in [0.25, 0.3) is 0 Å². The number of nitrogens with one attached hydrogen (secondary N) is 1. The van der Waals surface area contributed by atoms with E-state index >= 15 is 0 Å². The van der Waals surface area contributed by atoms with E-state index < -0.39 is 11.8 Å². The van der Waals surface area contributed by atoms with Gasteiger partial charge in [-0.15, -0.1) is 0 Å². The number of halogens is 1. The van der Waals surface area contributed by atoms with Crippen molar-refractivity contribution < 1.29 is 23.5 Å². The smallest absolute Gasteiger partial charge is 0.339 e. The molecule has 27 heavy (non-hydrogen) atoms. The summed E-state index contributed by atoms with van der Waals surface area (Å²) in [5.41, 5.74) is 0.961. The summed E-state index contributed by atoms with van der Waals surface area (Å²) in [5, 5.41) is 2.66. The van der Waals surface area contributed by atoms with Crippen molar-refractivity contribution >= 4 is 23.5 Å². The fraction of sp³-hybridized carbons (Fsp3) is 0.250. The Morgan fingerprint density at radius 2 is 1.74 bits per heavy atom. The Morgan fingerprint density at radius 1 is 1.07 bits per heavy atom. The highest BCUT2D eigenvalue weighted by Crippen LogP contribution is 2.21. The maximum Gasteiger partial charge on any atom is 0.339 e. The number of methoxy groups -OCH3 is 1. The molecule has 0 saturated heterocycles. The molecule has 7 heteroatoms. The molecule has 0 saturated carbocycles. The van der Waals surface area contributed by atoms with Gasteiger partial charge in [-0.1, -0.05) is 30.3 Å². The second kappa shape index (κ2) is 9.47. The largest absolute Gasteiger partial charge is 0.465 e. The summed E-state index contributed by atoms with van der Waals surface area (Å²) < 4.78 is 18.3. The standard InChI is InChI=1S/C20H21FN2O4/c1-14(24)23(18-10-6-4-8-16(18)20(26)27-2)12-11-22-19(25)13-15-7-3-5-9-17(15)21/h3-10H,11-13H2,1-2H3,(H,22,25). The van der Waals surface area contributed by atoms with Crippen molar-refractivity contribution in [3.8, 4) is 0 Å². The summed E-state index contributed by atoms with van der Waals surface area (Å²) in [7, 11) is 1.26. The van der Waals surface area contributed by atoms with Crippen LogP contribution in [0.5, 0.6) is 0 Å². The van der Waals surface area contributed by atoms with Crippen LogP contribution in [0, 0.1) is 5.82 Å². The van der Waals surface area contributed by atoms with Crippen LogP contribution in [0.4, 0.5) is 10.1 Å². The number of esters is 1. The molecule has 6 nitrogen and oxygen atoms in total. The van der Waals surface area contributed by atoms with Gasteiger partial charge in [0, 0.05) is 20.0 Å². The SMILES string of the molecule is COC(=O)c1ccccc1N(CCNC(=O)Cc1ccccc1F)C(C)=O. The molecule has 0 aliphatic rings. The van der Waals surface area contributed by atoms with E-state index in [2.05, 4.69) is 5.32 Å². The molecule has 2 aromatic carbocycles. The van der Waals surface area contributed by atoms with E-state index in [9.17, 15) is 18.8 Å². The fourth-order valence-corrected chi connectivity index (χ4v) is 2.62. The third-order valence-electron chi connectivity index (χ3n) is 3.95. The fourth-order valence-electron chi connectivity index (χ4n) is 2.62. The molecule has 2 aromatic rings. The maximum absolute atomic E-state index is 13.6. The van der Waals surface area contributed by atoms with Gasteiger partial charge in [-0.3, -0.25) is 9.59 Å². The number of hydrogen-bond donors (Lipinski definition) is 1. The van der Waals surface area contributed by atoms with E-state index in [-0.39, 0.29) is 36.9 Å². The van der Waals surface area contributed by atoms with Gasteiger partial charge in [0.15, 0.2) is 0 Å². The highest BCUT2D eigenvalue weighted by atomic mass is 19.1. The van der Waals surface area contributed by atoms with E-state index in [0.29, 0.717) is 11.3 Å². The Kier molecular flexibility index (Phi) is 7.05. The molecule has 0 unspecified atom stereocenters. The molecule has 0 atom stereocenters. The lowest BCUT2D eigenvalue weighted by atomic mass is 10.1. The zero-order valence-electron chi connectivity index (χ0n) is 15.2. The Hall–Kier alpha value is -3.22. The summed E-state index contributed by atoms with van der Waals surface area (Å²) in [5.74, 6) is -1.63. The summed E-state index contributed by atoms with van der Waals surface area (Å²) in [6, 6.07) is 12.6. The van der Waals surface area contributed by atoms with Crippen LogP contribution < -0.4 is 10.2 Å². The Labute approximate surface area is 156 Å². The predicted molar refractivity (Wildman–Crippen MR) is 98.9 cm³/mol. The van der Waals surface area contributed by atoms with Crippen molar-refractivity contribution in [1.82, 2.24) is 5.32 Å². The summed E-state index contributed by atoms with van der Waals surface area (Å²) in [6.45, 7) is 1.68. The molecular weight excluding hydrogens is 351 g/mol. The minimum Gasteiger partial charge on any atom is -0.465 e. The number of anilines is 1. The third kappa shape index (κ3) is 5.37. The summed E-state index contributed by atoms with van der Waals surface area (Å²) >= 11 is 0. The van der Waals surface area contributed by atoms with Crippen LogP contribution in [0.1, 0.15) is 22.8 Å². The Bertz CT molecular complexity index is 838. The van der Waals surface area contributed by atoms with Crippen LogP contribution >= 0.6 is 0 Å². The maximum atomic E-state index is 13.6. The number of carbonyl (C=O) groups is 3. The second-order valence-corrected chi connectivity index (χ2v) is 5.80. The average Bonchev–Trinajstić information content (AvgIpc) is 2.66. The Balaban J connectivity index is 2.02. The lowest BCUT2D eigenvalue weighted by Gasteiger charge is -2.23. The van der Waals surface area contributed by atoms with Crippen LogP contribution in [0.3, 0.4) is 0 Å². The van der Waals surface area contributed by atoms with Gasteiger partial charge in [0.25, 0.3) is 0 Å². The van der Waals surface area contributed by atoms with Gasteiger partial charge < -0.3 is 15.0 Å². The first kappa shape index (κ1) is 20.1. The van der Waals surface area contributed by atoms with E-state index in [1.165, 1.54) is 25.0 Å². The number of ether oxygens (including phenoxy) is 1. The van der Waals surface area contributed by atoms with Gasteiger partial charge in [0.2, 0.25) is 11.8 Å². The monoisotopic (exact) mass is 372 g/mol. The minimum absolute atomic E-state index is 0.0918. The molecule has 142 valence electrons. The van der Waals surface area contributed by atoms with Crippen molar-refractivity contribution in [3.63, 3.8) is 0 Å². The zero-order valence-corrected chi connectivity index (χ0v) is 15.2. The molecule has 1 N–H and O–H groups in total. The van der Waals surface area contributed by atoms with Crippen molar-refractivity contribution in [3.05, 3.63) is 65.5 Å². The highest BCUT2D eigenvalue weighted by Gasteiger charge is 2.19. The quantitative estimate of drug-likeness (QED) is 0.757. The topological polar surface area (TPSA) is 75.7 Å². The van der Waals surface area contributed by atoms with Crippen molar-refractivity contribution in [2.24, 2.45) is 0 Å². The van der Waals surface area contributed by atoms with Crippen LogP contribution in [0.2, 0.25) is 0 Å².